The predicted molar refractivity (Wildman–Crippen MR) is 208 cm³/mol. The Balaban J connectivity index is 3.95. The van der Waals surface area contributed by atoms with Gasteiger partial charge in [-0.3, -0.25) is 9.59 Å². The number of nitrogens with zero attached hydrogens (tertiary/aromatic N) is 1. The van der Waals surface area contributed by atoms with Crippen molar-refractivity contribution in [1.82, 2.24) is 4.90 Å². The number of rotatable bonds is 37. The van der Waals surface area contributed by atoms with Crippen LogP contribution in [0.4, 0.5) is 13.2 Å². The third kappa shape index (κ3) is 34.6. The molecule has 0 aromatic carbocycles. The number of halogens is 3. The maximum atomic E-state index is 13.2. The van der Waals surface area contributed by atoms with Gasteiger partial charge in [0, 0.05) is 12.8 Å². The minimum absolute atomic E-state index is 0.0887. The van der Waals surface area contributed by atoms with E-state index in [1.54, 1.807) is 0 Å². The first-order valence-electron chi connectivity index (χ1n) is 20.8. The van der Waals surface area contributed by atoms with Gasteiger partial charge in [0.25, 0.3) is 0 Å². The molecule has 298 valence electrons. The summed E-state index contributed by atoms with van der Waals surface area (Å²) in [5.41, 5.74) is 0. The fraction of sp³-hybridized carbons (Fsp3) is 0.814. The van der Waals surface area contributed by atoms with Gasteiger partial charge < -0.3 is 14.4 Å². The standard InChI is InChI=1S/C43H76F3NO4/c1-4-6-8-10-12-14-16-18-20-22-24-26-28-30-32-34-40(3)50-38-36-47(42(49)43(44,45)46)37-39-51-41(48)35-33-31-29-27-25-23-21-19-17-15-13-11-9-7-5-2/h18-21H,3-17,22-39H2,1-2H3/b20-18-,21-19-. The van der Waals surface area contributed by atoms with E-state index in [0.29, 0.717) is 23.5 Å². The molecule has 0 spiro atoms. The van der Waals surface area contributed by atoms with Gasteiger partial charge in [0.1, 0.15) is 13.2 Å². The molecule has 0 aliphatic rings. The predicted octanol–water partition coefficient (Wildman–Crippen LogP) is 13.5. The number of carbonyl (C=O) groups excluding carboxylic acids is 2. The molecule has 0 bridgehead atoms. The van der Waals surface area contributed by atoms with Crippen molar-refractivity contribution in [2.75, 3.05) is 26.3 Å². The molecule has 0 unspecified atom stereocenters. The summed E-state index contributed by atoms with van der Waals surface area (Å²) in [4.78, 5) is 24.7. The molecule has 51 heavy (non-hydrogen) atoms. The summed E-state index contributed by atoms with van der Waals surface area (Å²) in [7, 11) is 0. The van der Waals surface area contributed by atoms with E-state index in [1.807, 2.05) is 0 Å². The average Bonchev–Trinajstić information content (AvgIpc) is 3.10. The number of allylic oxidation sites excluding steroid dienone is 5. The zero-order valence-corrected chi connectivity index (χ0v) is 32.9. The molecular weight excluding hydrogens is 651 g/mol. The molecule has 0 heterocycles. The van der Waals surface area contributed by atoms with Gasteiger partial charge in [-0.25, -0.2) is 0 Å². The van der Waals surface area contributed by atoms with Gasteiger partial charge in [-0.15, -0.1) is 0 Å². The number of hydrogen-bond donors (Lipinski definition) is 0. The van der Waals surface area contributed by atoms with Crippen LogP contribution in [0.1, 0.15) is 194 Å². The van der Waals surface area contributed by atoms with Crippen molar-refractivity contribution in [2.24, 2.45) is 0 Å². The normalized spacial score (nSPS) is 11.9. The molecule has 0 N–H and O–H groups in total. The zero-order chi connectivity index (χ0) is 37.7. The Morgan fingerprint density at radius 1 is 0.529 bits per heavy atom. The van der Waals surface area contributed by atoms with Crippen molar-refractivity contribution in [2.45, 2.75) is 200 Å². The van der Waals surface area contributed by atoms with Crippen molar-refractivity contribution in [1.29, 1.82) is 0 Å². The van der Waals surface area contributed by atoms with Crippen LogP contribution in [0.3, 0.4) is 0 Å². The van der Waals surface area contributed by atoms with Crippen LogP contribution in [0.25, 0.3) is 0 Å². The van der Waals surface area contributed by atoms with Gasteiger partial charge in [-0.1, -0.05) is 147 Å². The van der Waals surface area contributed by atoms with E-state index in [1.165, 1.54) is 96.3 Å². The molecule has 0 saturated carbocycles. The highest BCUT2D eigenvalue weighted by molar-refractivity contribution is 5.81. The zero-order valence-electron chi connectivity index (χ0n) is 32.9. The molecule has 0 aliphatic heterocycles. The van der Waals surface area contributed by atoms with E-state index in [0.717, 1.165) is 64.2 Å². The van der Waals surface area contributed by atoms with Gasteiger partial charge in [0.05, 0.1) is 18.8 Å². The Labute approximate surface area is 311 Å². The Kier molecular flexibility index (Phi) is 34.5. The molecule has 0 aromatic heterocycles. The second-order valence-electron chi connectivity index (χ2n) is 14.1. The molecule has 0 aromatic rings. The first kappa shape index (κ1) is 48.8. The Bertz CT molecular complexity index is 829. The molecule has 0 radical (unpaired) electrons. The van der Waals surface area contributed by atoms with Crippen LogP contribution in [-0.4, -0.2) is 49.3 Å². The monoisotopic (exact) mass is 728 g/mol. The van der Waals surface area contributed by atoms with Crippen LogP contribution in [0.2, 0.25) is 0 Å². The van der Waals surface area contributed by atoms with Gasteiger partial charge >= 0.3 is 18.1 Å². The summed E-state index contributed by atoms with van der Waals surface area (Å²) >= 11 is 0. The smallest absolute Gasteiger partial charge is 0.471 e. The van der Waals surface area contributed by atoms with E-state index >= 15 is 0 Å². The van der Waals surface area contributed by atoms with Gasteiger partial charge in [0.15, 0.2) is 0 Å². The van der Waals surface area contributed by atoms with Crippen LogP contribution in [0.5, 0.6) is 0 Å². The summed E-state index contributed by atoms with van der Waals surface area (Å²) in [6.07, 6.45) is 35.8. The van der Waals surface area contributed by atoms with Crippen LogP contribution in [-0.2, 0) is 19.1 Å². The molecule has 0 atom stereocenters. The molecule has 1 amide bonds. The summed E-state index contributed by atoms with van der Waals surface area (Å²) in [5.74, 6) is -1.89. The van der Waals surface area contributed by atoms with Crippen molar-refractivity contribution >= 4 is 11.9 Å². The molecule has 0 saturated heterocycles. The highest BCUT2D eigenvalue weighted by Gasteiger charge is 2.42. The Hall–Kier alpha value is -2.25. The number of ether oxygens (including phenoxy) is 2. The summed E-state index contributed by atoms with van der Waals surface area (Å²) in [6.45, 7) is 7.41. The maximum Gasteiger partial charge on any atom is 0.471 e. The lowest BCUT2D eigenvalue weighted by Gasteiger charge is -2.24. The Morgan fingerprint density at radius 3 is 1.29 bits per heavy atom. The minimum atomic E-state index is -5.01. The largest absolute Gasteiger partial charge is 0.497 e. The number of amides is 1. The summed E-state index contributed by atoms with van der Waals surface area (Å²) in [5, 5.41) is 0. The van der Waals surface area contributed by atoms with Crippen molar-refractivity contribution in [3.63, 3.8) is 0 Å². The summed E-state index contributed by atoms with van der Waals surface area (Å²) in [6, 6.07) is 0. The van der Waals surface area contributed by atoms with Crippen LogP contribution in [0.15, 0.2) is 36.6 Å². The van der Waals surface area contributed by atoms with E-state index in [-0.39, 0.29) is 32.7 Å². The molecule has 0 aliphatic carbocycles. The summed E-state index contributed by atoms with van der Waals surface area (Å²) < 4.78 is 50.2. The lowest BCUT2D eigenvalue weighted by atomic mass is 10.1. The van der Waals surface area contributed by atoms with Crippen molar-refractivity contribution < 1.29 is 32.2 Å². The third-order valence-corrected chi connectivity index (χ3v) is 9.18. The van der Waals surface area contributed by atoms with E-state index < -0.39 is 18.1 Å². The fourth-order valence-electron chi connectivity index (χ4n) is 5.94. The first-order valence-corrected chi connectivity index (χ1v) is 20.8. The SMILES string of the molecule is C=C(CCCCCCC/C=C\CCCCCCCC)OCCN(CCOC(=O)CCCCCCC/C=C\CCCCCCCC)C(=O)C(F)(F)F. The van der Waals surface area contributed by atoms with Crippen molar-refractivity contribution in [3.8, 4) is 0 Å². The molecule has 0 fully saturated rings. The lowest BCUT2D eigenvalue weighted by Crippen LogP contribution is -2.44. The average molecular weight is 728 g/mol. The molecule has 8 heteroatoms. The van der Waals surface area contributed by atoms with Crippen LogP contribution >= 0.6 is 0 Å². The molecule has 5 nitrogen and oxygen atoms in total. The third-order valence-electron chi connectivity index (χ3n) is 9.18. The number of alkyl halides is 3. The second kappa shape index (κ2) is 36.1. The van der Waals surface area contributed by atoms with Gasteiger partial charge in [-0.05, 0) is 64.2 Å². The van der Waals surface area contributed by atoms with Gasteiger partial charge in [-0.2, -0.15) is 13.2 Å². The van der Waals surface area contributed by atoms with E-state index in [2.05, 4.69) is 44.7 Å². The Morgan fingerprint density at radius 2 is 0.882 bits per heavy atom. The second-order valence-corrected chi connectivity index (χ2v) is 14.1. The van der Waals surface area contributed by atoms with E-state index in [9.17, 15) is 22.8 Å². The first-order chi connectivity index (χ1) is 24.7. The van der Waals surface area contributed by atoms with E-state index in [4.69, 9.17) is 9.47 Å². The quantitative estimate of drug-likeness (QED) is 0.0277. The highest BCUT2D eigenvalue weighted by Crippen LogP contribution is 2.19. The van der Waals surface area contributed by atoms with Crippen LogP contribution < -0.4 is 0 Å². The number of hydrogen-bond acceptors (Lipinski definition) is 4. The lowest BCUT2D eigenvalue weighted by molar-refractivity contribution is -0.186. The number of esters is 1. The number of carbonyl (C=O) groups is 2. The molecule has 0 rings (SSSR count). The molecular formula is C43H76F3NO4. The van der Waals surface area contributed by atoms with Crippen LogP contribution in [0, 0.1) is 0 Å². The number of unbranched alkanes of at least 4 members (excludes halogenated alkanes) is 22. The van der Waals surface area contributed by atoms with Gasteiger partial charge in [0.2, 0.25) is 0 Å². The topological polar surface area (TPSA) is 55.8 Å². The fourth-order valence-corrected chi connectivity index (χ4v) is 5.94. The maximum absolute atomic E-state index is 13.2. The van der Waals surface area contributed by atoms with Crippen molar-refractivity contribution in [3.05, 3.63) is 36.6 Å². The minimum Gasteiger partial charge on any atom is -0.497 e. The highest BCUT2D eigenvalue weighted by atomic mass is 19.4.